The van der Waals surface area contributed by atoms with E-state index in [0.29, 0.717) is 5.69 Å². The molecule has 136 valence electrons. The molecule has 0 fully saturated rings. The van der Waals surface area contributed by atoms with Gasteiger partial charge in [-0.25, -0.2) is 9.18 Å². The van der Waals surface area contributed by atoms with Gasteiger partial charge in [0.2, 0.25) is 0 Å². The molecule has 0 aliphatic rings. The molecule has 0 saturated carbocycles. The number of benzene rings is 2. The van der Waals surface area contributed by atoms with Gasteiger partial charge in [-0.2, -0.15) is 0 Å². The summed E-state index contributed by atoms with van der Waals surface area (Å²) in [6, 6.07) is 10.3. The quantitative estimate of drug-likeness (QED) is 0.461. The van der Waals surface area contributed by atoms with Crippen LogP contribution in [0.15, 0.2) is 48.5 Å². The number of nitro groups is 1. The summed E-state index contributed by atoms with van der Waals surface area (Å²) in [5.41, 5.74) is 0.216. The monoisotopic (exact) mass is 362 g/mol. The van der Waals surface area contributed by atoms with Gasteiger partial charge in [0, 0.05) is 17.8 Å². The first-order valence-corrected chi connectivity index (χ1v) is 7.48. The SMILES string of the molecule is C[C@H](Oc1ccc(F)cc1)C(=O)OCC(=O)Nc1ccc([N+](=O)[O-])cc1. The molecule has 0 saturated heterocycles. The predicted octanol–water partition coefficient (Wildman–Crippen LogP) is 2.68. The number of carbonyl (C=O) groups excluding carboxylic acids is 2. The highest BCUT2D eigenvalue weighted by Gasteiger charge is 2.18. The predicted molar refractivity (Wildman–Crippen MR) is 89.2 cm³/mol. The lowest BCUT2D eigenvalue weighted by Gasteiger charge is -2.14. The molecular formula is C17H15FN2O6. The number of hydrogen-bond donors (Lipinski definition) is 1. The average Bonchev–Trinajstić information content (AvgIpc) is 2.62. The third-order valence-electron chi connectivity index (χ3n) is 3.17. The van der Waals surface area contributed by atoms with Crippen LogP contribution in [0, 0.1) is 15.9 Å². The van der Waals surface area contributed by atoms with Crippen molar-refractivity contribution in [1.82, 2.24) is 0 Å². The molecule has 0 aliphatic carbocycles. The van der Waals surface area contributed by atoms with Crippen LogP contribution in [-0.2, 0) is 14.3 Å². The first-order chi connectivity index (χ1) is 12.3. The van der Waals surface area contributed by atoms with Crippen molar-refractivity contribution in [3.63, 3.8) is 0 Å². The lowest BCUT2D eigenvalue weighted by Crippen LogP contribution is -2.29. The molecule has 0 spiro atoms. The van der Waals surface area contributed by atoms with Crippen LogP contribution in [0.25, 0.3) is 0 Å². The highest BCUT2D eigenvalue weighted by Crippen LogP contribution is 2.15. The third kappa shape index (κ3) is 5.55. The maximum Gasteiger partial charge on any atom is 0.347 e. The second-order valence-electron chi connectivity index (χ2n) is 5.17. The lowest BCUT2D eigenvalue weighted by atomic mass is 10.3. The molecule has 1 N–H and O–H groups in total. The summed E-state index contributed by atoms with van der Waals surface area (Å²) in [6.45, 7) is 0.882. The molecule has 1 amide bonds. The van der Waals surface area contributed by atoms with Crippen LogP contribution >= 0.6 is 0 Å². The number of nitrogens with one attached hydrogen (secondary N) is 1. The van der Waals surface area contributed by atoms with E-state index in [0.717, 1.165) is 0 Å². The van der Waals surface area contributed by atoms with Gasteiger partial charge in [-0.05, 0) is 43.3 Å². The Hall–Kier alpha value is -3.49. The van der Waals surface area contributed by atoms with Crippen molar-refractivity contribution in [3.05, 3.63) is 64.5 Å². The minimum absolute atomic E-state index is 0.110. The zero-order valence-corrected chi connectivity index (χ0v) is 13.7. The van der Waals surface area contributed by atoms with E-state index >= 15 is 0 Å². The number of nitro benzene ring substituents is 1. The van der Waals surface area contributed by atoms with E-state index in [-0.39, 0.29) is 11.4 Å². The van der Waals surface area contributed by atoms with Gasteiger partial charge in [-0.3, -0.25) is 14.9 Å². The van der Waals surface area contributed by atoms with Crippen molar-refractivity contribution >= 4 is 23.3 Å². The Morgan fingerprint density at radius 3 is 2.35 bits per heavy atom. The highest BCUT2D eigenvalue weighted by molar-refractivity contribution is 5.93. The summed E-state index contributed by atoms with van der Waals surface area (Å²) < 4.78 is 22.9. The molecule has 8 nitrogen and oxygen atoms in total. The molecular weight excluding hydrogens is 347 g/mol. The van der Waals surface area contributed by atoms with Gasteiger partial charge in [-0.15, -0.1) is 0 Å². The number of nitrogens with zero attached hydrogens (tertiary/aromatic N) is 1. The Morgan fingerprint density at radius 2 is 1.77 bits per heavy atom. The van der Waals surface area contributed by atoms with Gasteiger partial charge in [-0.1, -0.05) is 0 Å². The van der Waals surface area contributed by atoms with Crippen molar-refractivity contribution in [2.45, 2.75) is 13.0 Å². The normalized spacial score (nSPS) is 11.3. The van der Waals surface area contributed by atoms with Crippen molar-refractivity contribution in [2.75, 3.05) is 11.9 Å². The zero-order chi connectivity index (χ0) is 19.1. The molecule has 0 aliphatic heterocycles. The fraction of sp³-hybridized carbons (Fsp3) is 0.176. The van der Waals surface area contributed by atoms with Gasteiger partial charge in [0.15, 0.2) is 12.7 Å². The second-order valence-corrected chi connectivity index (χ2v) is 5.17. The number of anilines is 1. The smallest absolute Gasteiger partial charge is 0.347 e. The van der Waals surface area contributed by atoms with E-state index < -0.39 is 35.3 Å². The lowest BCUT2D eigenvalue weighted by molar-refractivity contribution is -0.384. The first kappa shape index (κ1) is 18.8. The minimum Gasteiger partial charge on any atom is -0.479 e. The van der Waals surface area contributed by atoms with Crippen LogP contribution < -0.4 is 10.1 Å². The van der Waals surface area contributed by atoms with Crippen molar-refractivity contribution in [2.24, 2.45) is 0 Å². The zero-order valence-electron chi connectivity index (χ0n) is 13.7. The van der Waals surface area contributed by atoms with Crippen LogP contribution in [0.4, 0.5) is 15.8 Å². The fourth-order valence-electron chi connectivity index (χ4n) is 1.88. The molecule has 0 bridgehead atoms. The van der Waals surface area contributed by atoms with Gasteiger partial charge >= 0.3 is 5.97 Å². The Labute approximate surface area is 147 Å². The molecule has 0 heterocycles. The van der Waals surface area contributed by atoms with Gasteiger partial charge in [0.1, 0.15) is 11.6 Å². The van der Waals surface area contributed by atoms with Gasteiger partial charge < -0.3 is 14.8 Å². The van der Waals surface area contributed by atoms with E-state index in [1.54, 1.807) is 0 Å². The van der Waals surface area contributed by atoms with Crippen LogP contribution in [-0.4, -0.2) is 29.5 Å². The molecule has 26 heavy (non-hydrogen) atoms. The standard InChI is InChI=1S/C17H15FN2O6/c1-11(26-15-8-2-12(18)3-9-15)17(22)25-10-16(21)19-13-4-6-14(7-5-13)20(23)24/h2-9,11H,10H2,1H3,(H,19,21)/t11-/m0/s1. The maximum absolute atomic E-state index is 12.8. The van der Waals surface area contributed by atoms with E-state index in [2.05, 4.69) is 5.32 Å². The number of carbonyl (C=O) groups is 2. The molecule has 2 aromatic rings. The topological polar surface area (TPSA) is 108 Å². The first-order valence-electron chi connectivity index (χ1n) is 7.48. The molecule has 0 unspecified atom stereocenters. The molecule has 2 aromatic carbocycles. The molecule has 0 aromatic heterocycles. The summed E-state index contributed by atoms with van der Waals surface area (Å²) >= 11 is 0. The summed E-state index contributed by atoms with van der Waals surface area (Å²) in [5, 5.41) is 13.0. The van der Waals surface area contributed by atoms with Crippen molar-refractivity contribution in [1.29, 1.82) is 0 Å². The molecule has 1 atom stereocenters. The molecule has 0 radical (unpaired) electrons. The minimum atomic E-state index is -0.993. The number of esters is 1. The van der Waals surface area contributed by atoms with Crippen molar-refractivity contribution < 1.29 is 28.4 Å². The van der Waals surface area contributed by atoms with Crippen molar-refractivity contribution in [3.8, 4) is 5.75 Å². The van der Waals surface area contributed by atoms with Crippen LogP contribution in [0.5, 0.6) is 5.75 Å². The number of ether oxygens (including phenoxy) is 2. The number of halogens is 1. The summed E-state index contributed by atoms with van der Waals surface area (Å²) in [7, 11) is 0. The summed E-state index contributed by atoms with van der Waals surface area (Å²) in [6.07, 6.45) is -0.993. The fourth-order valence-corrected chi connectivity index (χ4v) is 1.88. The summed E-state index contributed by atoms with van der Waals surface area (Å²) in [4.78, 5) is 33.6. The third-order valence-corrected chi connectivity index (χ3v) is 3.17. The van der Waals surface area contributed by atoms with Crippen LogP contribution in [0.3, 0.4) is 0 Å². The Kier molecular flexibility index (Phi) is 6.20. The number of rotatable bonds is 7. The highest BCUT2D eigenvalue weighted by atomic mass is 19.1. The van der Waals surface area contributed by atoms with E-state index in [1.807, 2.05) is 0 Å². The molecule has 9 heteroatoms. The largest absolute Gasteiger partial charge is 0.479 e. The Morgan fingerprint density at radius 1 is 1.15 bits per heavy atom. The van der Waals surface area contributed by atoms with E-state index in [4.69, 9.17) is 9.47 Å². The maximum atomic E-state index is 12.8. The summed E-state index contributed by atoms with van der Waals surface area (Å²) in [5.74, 6) is -1.53. The second kappa shape index (κ2) is 8.56. The van der Waals surface area contributed by atoms with Gasteiger partial charge in [0.05, 0.1) is 4.92 Å². The number of non-ortho nitro benzene ring substituents is 1. The van der Waals surface area contributed by atoms with E-state index in [9.17, 15) is 24.1 Å². The number of amides is 1. The van der Waals surface area contributed by atoms with Crippen LogP contribution in [0.2, 0.25) is 0 Å². The Balaban J connectivity index is 1.79. The van der Waals surface area contributed by atoms with E-state index in [1.165, 1.54) is 55.5 Å². The number of hydrogen-bond acceptors (Lipinski definition) is 6. The molecule has 2 rings (SSSR count). The Bertz CT molecular complexity index is 792. The van der Waals surface area contributed by atoms with Crippen LogP contribution in [0.1, 0.15) is 6.92 Å². The average molecular weight is 362 g/mol. The van der Waals surface area contributed by atoms with Gasteiger partial charge in [0.25, 0.3) is 11.6 Å².